The highest BCUT2D eigenvalue weighted by Crippen LogP contribution is 2.32. The highest BCUT2D eigenvalue weighted by atomic mass is 16.5. The Morgan fingerprint density at radius 2 is 1.87 bits per heavy atom. The molecule has 7 heteroatoms. The minimum Gasteiger partial charge on any atom is -0.497 e. The smallest absolute Gasteiger partial charge is 0.278 e. The van der Waals surface area contributed by atoms with Crippen molar-refractivity contribution in [2.24, 2.45) is 0 Å². The molecule has 0 radical (unpaired) electrons. The van der Waals surface area contributed by atoms with Crippen molar-refractivity contribution in [3.05, 3.63) is 58.8 Å². The molecule has 3 heterocycles. The number of nitrogens with zero attached hydrogens (tertiary/aromatic N) is 4. The maximum atomic E-state index is 13.7. The molecule has 4 aromatic rings. The first kappa shape index (κ1) is 19.6. The van der Waals surface area contributed by atoms with Gasteiger partial charge in [-0.3, -0.25) is 9.36 Å². The van der Waals surface area contributed by atoms with E-state index >= 15 is 0 Å². The fourth-order valence-electron chi connectivity index (χ4n) is 4.77. The zero-order chi connectivity index (χ0) is 21.4. The number of hydrogen-bond donors (Lipinski definition) is 1. The predicted octanol–water partition coefficient (Wildman–Crippen LogP) is 4.35. The Morgan fingerprint density at radius 3 is 2.58 bits per heavy atom. The molecule has 3 aromatic heterocycles. The average Bonchev–Trinajstić information content (AvgIpc) is 3.15. The van der Waals surface area contributed by atoms with Crippen LogP contribution in [0.25, 0.3) is 22.1 Å². The Labute approximate surface area is 180 Å². The van der Waals surface area contributed by atoms with Crippen molar-refractivity contribution in [2.75, 3.05) is 19.5 Å². The summed E-state index contributed by atoms with van der Waals surface area (Å²) in [7, 11) is 3.54. The van der Waals surface area contributed by atoms with Gasteiger partial charge in [0.2, 0.25) is 0 Å². The predicted molar refractivity (Wildman–Crippen MR) is 123 cm³/mol. The monoisotopic (exact) mass is 417 g/mol. The Balaban J connectivity index is 1.74. The molecule has 0 bridgehead atoms. The number of fused-ring (bicyclic) bond motifs is 3. The molecule has 0 unspecified atom stereocenters. The number of ether oxygens (including phenoxy) is 1. The highest BCUT2D eigenvalue weighted by molar-refractivity contribution is 6.10. The van der Waals surface area contributed by atoms with E-state index in [1.165, 1.54) is 6.42 Å². The van der Waals surface area contributed by atoms with Crippen molar-refractivity contribution in [2.45, 2.75) is 44.7 Å². The van der Waals surface area contributed by atoms with Crippen LogP contribution in [0.5, 0.6) is 5.75 Å². The van der Waals surface area contributed by atoms with E-state index in [-0.39, 0.29) is 11.6 Å². The summed E-state index contributed by atoms with van der Waals surface area (Å²) in [5.74, 6) is 0.808. The van der Waals surface area contributed by atoms with Gasteiger partial charge in [-0.25, -0.2) is 9.97 Å². The number of aromatic nitrogens is 4. The van der Waals surface area contributed by atoms with Crippen molar-refractivity contribution in [3.8, 4) is 5.75 Å². The SMILES string of the molecule is CNc1ccnc2c1c1ncn(C3CCCCC3)c(=O)c1n2Cc1ccc(OC)cc1. The molecule has 1 aliphatic rings. The van der Waals surface area contributed by atoms with Crippen LogP contribution in [-0.2, 0) is 6.54 Å². The molecule has 1 aromatic carbocycles. The number of methoxy groups -OCH3 is 1. The second kappa shape index (κ2) is 8.06. The van der Waals surface area contributed by atoms with E-state index < -0.39 is 0 Å². The lowest BCUT2D eigenvalue weighted by molar-refractivity contribution is 0.344. The summed E-state index contributed by atoms with van der Waals surface area (Å²) in [6.45, 7) is 0.537. The van der Waals surface area contributed by atoms with Gasteiger partial charge < -0.3 is 14.6 Å². The molecule has 1 aliphatic carbocycles. The van der Waals surface area contributed by atoms with E-state index in [1.807, 2.05) is 46.5 Å². The minimum atomic E-state index is 0.0189. The third kappa shape index (κ3) is 3.34. The van der Waals surface area contributed by atoms with Crippen molar-refractivity contribution >= 4 is 27.8 Å². The molecule has 1 fully saturated rings. The van der Waals surface area contributed by atoms with E-state index in [0.717, 1.165) is 53.7 Å². The van der Waals surface area contributed by atoms with Crippen molar-refractivity contribution in [3.63, 3.8) is 0 Å². The molecule has 0 atom stereocenters. The van der Waals surface area contributed by atoms with Gasteiger partial charge in [0, 0.05) is 31.5 Å². The molecular formula is C24H27N5O2. The molecule has 0 saturated heterocycles. The van der Waals surface area contributed by atoms with Gasteiger partial charge in [0.25, 0.3) is 5.56 Å². The number of pyridine rings is 1. The van der Waals surface area contributed by atoms with Crippen LogP contribution in [0.15, 0.2) is 47.7 Å². The van der Waals surface area contributed by atoms with Gasteiger partial charge in [0.15, 0.2) is 0 Å². The largest absolute Gasteiger partial charge is 0.497 e. The van der Waals surface area contributed by atoms with Crippen LogP contribution >= 0.6 is 0 Å². The van der Waals surface area contributed by atoms with Gasteiger partial charge in [-0.05, 0) is 36.6 Å². The Hall–Kier alpha value is -3.35. The van der Waals surface area contributed by atoms with E-state index in [2.05, 4.69) is 10.3 Å². The van der Waals surface area contributed by atoms with Crippen molar-refractivity contribution < 1.29 is 4.74 Å². The minimum absolute atomic E-state index is 0.0189. The lowest BCUT2D eigenvalue weighted by Gasteiger charge is -2.23. The summed E-state index contributed by atoms with van der Waals surface area (Å²) in [6.07, 6.45) is 9.15. The second-order valence-corrected chi connectivity index (χ2v) is 8.19. The zero-order valence-electron chi connectivity index (χ0n) is 18.0. The molecule has 5 rings (SSSR count). The van der Waals surface area contributed by atoms with Gasteiger partial charge in [0.05, 0.1) is 18.8 Å². The number of hydrogen-bond acceptors (Lipinski definition) is 5. The second-order valence-electron chi connectivity index (χ2n) is 8.19. The third-order valence-electron chi connectivity index (χ3n) is 6.40. The van der Waals surface area contributed by atoms with Crippen LogP contribution in [0.4, 0.5) is 5.69 Å². The maximum absolute atomic E-state index is 13.7. The normalized spacial score (nSPS) is 14.9. The third-order valence-corrected chi connectivity index (χ3v) is 6.40. The lowest BCUT2D eigenvalue weighted by Crippen LogP contribution is -2.28. The summed E-state index contributed by atoms with van der Waals surface area (Å²) in [6, 6.07) is 10.1. The summed E-state index contributed by atoms with van der Waals surface area (Å²) in [4.78, 5) is 23.2. The quantitative estimate of drug-likeness (QED) is 0.523. The zero-order valence-corrected chi connectivity index (χ0v) is 18.0. The fraction of sp³-hybridized carbons (Fsp3) is 0.375. The summed E-state index contributed by atoms with van der Waals surface area (Å²) in [5, 5.41) is 4.12. The molecular weight excluding hydrogens is 390 g/mol. The van der Waals surface area contributed by atoms with Crippen molar-refractivity contribution in [1.82, 2.24) is 19.1 Å². The summed E-state index contributed by atoms with van der Waals surface area (Å²) < 4.78 is 9.15. The van der Waals surface area contributed by atoms with Crippen LogP contribution in [0, 0.1) is 0 Å². The van der Waals surface area contributed by atoms with E-state index in [4.69, 9.17) is 9.72 Å². The van der Waals surface area contributed by atoms with E-state index in [0.29, 0.717) is 17.6 Å². The maximum Gasteiger partial charge on any atom is 0.278 e. The molecule has 0 spiro atoms. The molecule has 7 nitrogen and oxygen atoms in total. The highest BCUT2D eigenvalue weighted by Gasteiger charge is 2.23. The fourth-order valence-corrected chi connectivity index (χ4v) is 4.77. The number of nitrogens with one attached hydrogen (secondary N) is 1. The molecule has 0 aliphatic heterocycles. The average molecular weight is 418 g/mol. The Kier molecular flexibility index (Phi) is 5.10. The summed E-state index contributed by atoms with van der Waals surface area (Å²) in [5.41, 5.74) is 4.11. The van der Waals surface area contributed by atoms with Gasteiger partial charge in [0.1, 0.15) is 22.4 Å². The van der Waals surface area contributed by atoms with Crippen molar-refractivity contribution in [1.29, 1.82) is 0 Å². The first-order valence-electron chi connectivity index (χ1n) is 10.9. The van der Waals surface area contributed by atoms with Gasteiger partial charge in [-0.15, -0.1) is 0 Å². The van der Waals surface area contributed by atoms with Crippen LogP contribution in [-0.4, -0.2) is 33.3 Å². The van der Waals surface area contributed by atoms with Gasteiger partial charge >= 0.3 is 0 Å². The van der Waals surface area contributed by atoms with Gasteiger partial charge in [-0.1, -0.05) is 31.4 Å². The van der Waals surface area contributed by atoms with Crippen LogP contribution < -0.4 is 15.6 Å². The molecule has 0 amide bonds. The first-order chi connectivity index (χ1) is 15.2. The lowest BCUT2D eigenvalue weighted by atomic mass is 9.95. The molecule has 160 valence electrons. The van der Waals surface area contributed by atoms with Crippen LogP contribution in [0.1, 0.15) is 43.7 Å². The Bertz CT molecular complexity index is 1280. The Morgan fingerprint density at radius 1 is 1.10 bits per heavy atom. The number of anilines is 1. The first-order valence-corrected chi connectivity index (χ1v) is 10.9. The van der Waals surface area contributed by atoms with Crippen LogP contribution in [0.2, 0.25) is 0 Å². The molecule has 1 saturated carbocycles. The van der Waals surface area contributed by atoms with E-state index in [1.54, 1.807) is 19.6 Å². The number of benzene rings is 1. The standard InChI is InChI=1S/C24H27N5O2/c1-25-19-12-13-26-23-20(19)21-22(28(23)14-16-8-10-18(31-2)11-9-16)24(30)29(15-27-21)17-6-4-3-5-7-17/h8-13,15,17H,3-7,14H2,1-2H3,(H,25,26). The van der Waals surface area contributed by atoms with Gasteiger partial charge in [-0.2, -0.15) is 0 Å². The van der Waals surface area contributed by atoms with E-state index in [9.17, 15) is 4.79 Å². The number of rotatable bonds is 5. The molecule has 1 N–H and O–H groups in total. The van der Waals surface area contributed by atoms with Crippen LogP contribution in [0.3, 0.4) is 0 Å². The summed E-state index contributed by atoms with van der Waals surface area (Å²) >= 11 is 0. The topological polar surface area (TPSA) is 74.0 Å². The molecule has 31 heavy (non-hydrogen) atoms.